The summed E-state index contributed by atoms with van der Waals surface area (Å²) in [5.41, 5.74) is 6.76. The van der Waals surface area contributed by atoms with Gasteiger partial charge in [0.05, 0.1) is 12.5 Å². The lowest BCUT2D eigenvalue weighted by Crippen LogP contribution is -2.47. The zero-order valence-electron chi connectivity index (χ0n) is 15.9. The van der Waals surface area contributed by atoms with E-state index >= 15 is 0 Å². The van der Waals surface area contributed by atoms with Gasteiger partial charge in [-0.25, -0.2) is 9.97 Å². The van der Waals surface area contributed by atoms with Gasteiger partial charge in [0.15, 0.2) is 0 Å². The molecule has 4 rings (SSSR count). The molecule has 0 saturated heterocycles. The number of aryl methyl sites for hydroxylation is 1. The van der Waals surface area contributed by atoms with Crippen LogP contribution in [-0.2, 0) is 16.0 Å². The van der Waals surface area contributed by atoms with Crippen molar-refractivity contribution in [3.63, 3.8) is 0 Å². The largest absolute Gasteiger partial charge is 0.463 e. The summed E-state index contributed by atoms with van der Waals surface area (Å²) in [7, 11) is 0. The predicted molar refractivity (Wildman–Crippen MR) is 109 cm³/mol. The second kappa shape index (κ2) is 7.91. The Morgan fingerprint density at radius 2 is 2.10 bits per heavy atom. The number of imidazole rings is 1. The van der Waals surface area contributed by atoms with Crippen molar-refractivity contribution in [3.05, 3.63) is 64.7 Å². The number of hydrogen-bond donors (Lipinski definition) is 2. The Hall–Kier alpha value is -3.79. The number of carbonyl (C=O) groups excluding carboxylic acids is 3. The Balaban J connectivity index is 1.64. The number of pyridine rings is 1. The summed E-state index contributed by atoms with van der Waals surface area (Å²) in [5.74, 6) is -1.55. The van der Waals surface area contributed by atoms with E-state index in [-0.39, 0.29) is 12.1 Å². The van der Waals surface area contributed by atoms with E-state index in [0.717, 1.165) is 5.39 Å². The minimum Gasteiger partial charge on any atom is -0.463 e. The molecule has 1 unspecified atom stereocenters. The number of thiophene rings is 1. The van der Waals surface area contributed by atoms with Crippen LogP contribution in [0.5, 0.6) is 0 Å². The number of nitrogens with one attached hydrogen (secondary N) is 1. The zero-order valence-corrected chi connectivity index (χ0v) is 16.7. The van der Waals surface area contributed by atoms with Crippen molar-refractivity contribution in [2.24, 2.45) is 5.73 Å². The van der Waals surface area contributed by atoms with E-state index < -0.39 is 23.6 Å². The van der Waals surface area contributed by atoms with Crippen LogP contribution in [-0.4, -0.2) is 38.2 Å². The van der Waals surface area contributed by atoms with Crippen LogP contribution in [0.25, 0.3) is 16.8 Å². The third kappa shape index (κ3) is 3.60. The van der Waals surface area contributed by atoms with E-state index in [1.54, 1.807) is 35.9 Å². The molecule has 0 bridgehead atoms. The van der Waals surface area contributed by atoms with Gasteiger partial charge in [-0.3, -0.25) is 19.0 Å². The Bertz CT molecular complexity index is 1240. The lowest BCUT2D eigenvalue weighted by atomic mass is 10.0. The van der Waals surface area contributed by atoms with Gasteiger partial charge in [-0.05, 0) is 19.1 Å². The van der Waals surface area contributed by atoms with Crippen molar-refractivity contribution < 1.29 is 18.8 Å². The quantitative estimate of drug-likeness (QED) is 0.435. The fourth-order valence-electron chi connectivity index (χ4n) is 3.18. The second-order valence-corrected chi connectivity index (χ2v) is 7.33. The molecule has 1 atom stereocenters. The van der Waals surface area contributed by atoms with Gasteiger partial charge in [0.2, 0.25) is 5.78 Å². The van der Waals surface area contributed by atoms with Gasteiger partial charge in [0, 0.05) is 34.3 Å². The van der Waals surface area contributed by atoms with E-state index in [2.05, 4.69) is 15.3 Å². The number of nitrogens with zero attached hydrogens (tertiary/aromatic N) is 3. The smallest absolute Gasteiger partial charge is 0.287 e. The number of Topliss-reactive ketones (excluding diaryl/α,β-unsaturated/α-hetero) is 1. The highest BCUT2D eigenvalue weighted by Gasteiger charge is 2.28. The average Bonchev–Trinajstić information content (AvgIpc) is 3.44. The van der Waals surface area contributed by atoms with E-state index in [1.807, 2.05) is 10.8 Å². The van der Waals surface area contributed by atoms with Crippen molar-refractivity contribution in [1.82, 2.24) is 19.9 Å². The standard InChI is InChI=1S/C20H17N5O4S/c1-11-23-7-15(25(11)17-4-2-3-5-22-17)20(28)24-14(18(26)19(21)27)6-12-8-29-16-10-30-9-13(12)16/h2-5,7-10,14H,6H2,1H3,(H2,21,27)(H,24,28). The number of aromatic nitrogens is 3. The first-order chi connectivity index (χ1) is 14.5. The second-order valence-electron chi connectivity index (χ2n) is 6.58. The molecule has 2 amide bonds. The molecule has 4 aromatic heterocycles. The zero-order chi connectivity index (χ0) is 21.3. The number of primary amides is 1. The molecule has 0 saturated carbocycles. The molecule has 0 aliphatic carbocycles. The first-order valence-electron chi connectivity index (χ1n) is 8.98. The van der Waals surface area contributed by atoms with Crippen molar-refractivity contribution in [2.75, 3.05) is 0 Å². The molecule has 0 fully saturated rings. The molecule has 0 aliphatic heterocycles. The molecule has 4 heterocycles. The Kier molecular flexibility index (Phi) is 5.15. The van der Waals surface area contributed by atoms with Crippen molar-refractivity contribution in [1.29, 1.82) is 0 Å². The summed E-state index contributed by atoms with van der Waals surface area (Å²) in [4.78, 5) is 45.4. The number of nitrogens with two attached hydrogens (primary N) is 1. The highest BCUT2D eigenvalue weighted by Crippen LogP contribution is 2.26. The van der Waals surface area contributed by atoms with Crippen LogP contribution in [0.15, 0.2) is 52.0 Å². The highest BCUT2D eigenvalue weighted by atomic mass is 32.1. The van der Waals surface area contributed by atoms with Gasteiger partial charge in [0.1, 0.15) is 29.0 Å². The van der Waals surface area contributed by atoms with Crippen LogP contribution in [0.3, 0.4) is 0 Å². The van der Waals surface area contributed by atoms with Crippen LogP contribution < -0.4 is 11.1 Å². The normalized spacial score (nSPS) is 12.0. The van der Waals surface area contributed by atoms with Crippen LogP contribution in [0, 0.1) is 6.92 Å². The fourth-order valence-corrected chi connectivity index (χ4v) is 3.96. The molecular formula is C20H17N5O4S. The van der Waals surface area contributed by atoms with Gasteiger partial charge < -0.3 is 15.5 Å². The Morgan fingerprint density at radius 1 is 1.27 bits per heavy atom. The lowest BCUT2D eigenvalue weighted by molar-refractivity contribution is -0.137. The molecular weight excluding hydrogens is 406 g/mol. The molecule has 0 aliphatic rings. The number of hydrogen-bond acceptors (Lipinski definition) is 7. The SMILES string of the molecule is Cc1ncc(C(=O)NC(Cc2coc3cscc23)C(=O)C(N)=O)n1-c1ccccn1. The maximum atomic E-state index is 13.0. The van der Waals surface area contributed by atoms with Crippen LogP contribution in [0.4, 0.5) is 0 Å². The first kappa shape index (κ1) is 19.5. The molecule has 0 aromatic carbocycles. The summed E-state index contributed by atoms with van der Waals surface area (Å²) < 4.78 is 7.01. The molecule has 9 nitrogen and oxygen atoms in total. The highest BCUT2D eigenvalue weighted by molar-refractivity contribution is 7.09. The Labute approximate surface area is 174 Å². The van der Waals surface area contributed by atoms with Crippen LogP contribution in [0.1, 0.15) is 21.9 Å². The molecule has 4 aromatic rings. The van der Waals surface area contributed by atoms with Gasteiger partial charge >= 0.3 is 0 Å². The van der Waals surface area contributed by atoms with Gasteiger partial charge in [-0.1, -0.05) is 6.07 Å². The van der Waals surface area contributed by atoms with Gasteiger partial charge in [-0.15, -0.1) is 11.3 Å². The summed E-state index contributed by atoms with van der Waals surface area (Å²) >= 11 is 1.45. The molecule has 10 heteroatoms. The van der Waals surface area contributed by atoms with E-state index in [4.69, 9.17) is 10.2 Å². The fraction of sp³-hybridized carbons (Fsp3) is 0.150. The number of fused-ring (bicyclic) bond motifs is 1. The van der Waals surface area contributed by atoms with Gasteiger partial charge in [-0.2, -0.15) is 0 Å². The molecule has 0 radical (unpaired) electrons. The maximum absolute atomic E-state index is 13.0. The number of furan rings is 1. The summed E-state index contributed by atoms with van der Waals surface area (Å²) in [5, 5.41) is 7.15. The molecule has 0 spiro atoms. The summed E-state index contributed by atoms with van der Waals surface area (Å²) in [6.07, 6.45) is 4.56. The average molecular weight is 423 g/mol. The Morgan fingerprint density at radius 3 is 2.83 bits per heavy atom. The van der Waals surface area contributed by atoms with Crippen molar-refractivity contribution in [2.45, 2.75) is 19.4 Å². The van der Waals surface area contributed by atoms with Crippen LogP contribution >= 0.6 is 11.3 Å². The van der Waals surface area contributed by atoms with Gasteiger partial charge in [0.25, 0.3) is 11.8 Å². The minimum atomic E-state index is -1.15. The van der Waals surface area contributed by atoms with E-state index in [9.17, 15) is 14.4 Å². The van der Waals surface area contributed by atoms with E-state index in [0.29, 0.717) is 22.8 Å². The van der Waals surface area contributed by atoms with Crippen LogP contribution in [0.2, 0.25) is 0 Å². The summed E-state index contributed by atoms with van der Waals surface area (Å²) in [6.45, 7) is 1.73. The number of rotatable bonds is 7. The number of ketones is 1. The molecule has 3 N–H and O–H groups in total. The predicted octanol–water partition coefficient (Wildman–Crippen LogP) is 1.78. The lowest BCUT2D eigenvalue weighted by Gasteiger charge is -2.16. The maximum Gasteiger partial charge on any atom is 0.287 e. The molecule has 152 valence electrons. The minimum absolute atomic E-state index is 0.0634. The number of amides is 2. The summed E-state index contributed by atoms with van der Waals surface area (Å²) in [6, 6.07) is 4.13. The van der Waals surface area contributed by atoms with Crippen molar-refractivity contribution in [3.8, 4) is 5.82 Å². The monoisotopic (exact) mass is 423 g/mol. The van der Waals surface area contributed by atoms with Crippen molar-refractivity contribution >= 4 is 39.9 Å². The molecule has 30 heavy (non-hydrogen) atoms. The number of carbonyl (C=O) groups is 3. The third-order valence-corrected chi connectivity index (χ3v) is 5.36. The topological polar surface area (TPSA) is 133 Å². The third-order valence-electron chi connectivity index (χ3n) is 4.64. The first-order valence-corrected chi connectivity index (χ1v) is 9.92. The van der Waals surface area contributed by atoms with E-state index in [1.165, 1.54) is 23.8 Å².